The third kappa shape index (κ3) is 6.90. The van der Waals surface area contributed by atoms with Crippen molar-refractivity contribution in [1.82, 2.24) is 4.90 Å². The van der Waals surface area contributed by atoms with E-state index in [9.17, 15) is 9.59 Å². The molecule has 0 aliphatic carbocycles. The molecule has 0 saturated carbocycles. The number of hydrogen-bond donors (Lipinski definition) is 1. The van der Waals surface area contributed by atoms with E-state index in [-0.39, 0.29) is 12.3 Å². The average Bonchev–Trinajstić information content (AvgIpc) is 2.90. The number of rotatable bonds is 11. The van der Waals surface area contributed by atoms with Gasteiger partial charge in [-0.15, -0.1) is 0 Å². The molecule has 1 aliphatic heterocycles. The third-order valence-electron chi connectivity index (χ3n) is 4.16. The van der Waals surface area contributed by atoms with Crippen molar-refractivity contribution in [1.29, 1.82) is 0 Å². The SMILES string of the molecule is CCCCOc1ccc(Br)cc1/C=C1/SC(=S)N(CCCCCC(=O)O)C1=O. The first-order valence-corrected chi connectivity index (χ1v) is 11.3. The highest BCUT2D eigenvalue weighted by molar-refractivity contribution is 9.10. The number of hydrogen-bond acceptors (Lipinski definition) is 5. The van der Waals surface area contributed by atoms with Gasteiger partial charge in [-0.05, 0) is 43.5 Å². The van der Waals surface area contributed by atoms with Crippen LogP contribution >= 0.6 is 39.9 Å². The second-order valence-electron chi connectivity index (χ2n) is 6.42. The molecule has 0 radical (unpaired) electrons. The maximum atomic E-state index is 12.8. The van der Waals surface area contributed by atoms with Gasteiger partial charge in [-0.2, -0.15) is 0 Å². The standard InChI is InChI=1S/C20H24BrNO4S2/c1-2-3-11-26-16-9-8-15(21)12-14(16)13-17-19(25)22(20(27)28-17)10-6-4-5-7-18(23)24/h8-9,12-13H,2-7,10-11H2,1H3,(H,23,24)/b17-13+. The highest BCUT2D eigenvalue weighted by Gasteiger charge is 2.31. The number of carbonyl (C=O) groups is 2. The molecule has 152 valence electrons. The molecule has 0 bridgehead atoms. The Kier molecular flexibility index (Phi) is 9.47. The smallest absolute Gasteiger partial charge is 0.303 e. The Labute approximate surface area is 183 Å². The summed E-state index contributed by atoms with van der Waals surface area (Å²) < 4.78 is 7.31. The minimum atomic E-state index is -0.792. The van der Waals surface area contributed by atoms with Crippen molar-refractivity contribution < 1.29 is 19.4 Å². The molecule has 1 aromatic carbocycles. The fraction of sp³-hybridized carbons (Fsp3) is 0.450. The van der Waals surface area contributed by atoms with Crippen molar-refractivity contribution in [3.05, 3.63) is 33.1 Å². The number of carbonyl (C=O) groups excluding carboxylic acids is 1. The summed E-state index contributed by atoms with van der Waals surface area (Å²) in [6.07, 6.45) is 6.10. The fourth-order valence-electron chi connectivity index (χ4n) is 2.65. The monoisotopic (exact) mass is 485 g/mol. The zero-order valence-electron chi connectivity index (χ0n) is 15.8. The summed E-state index contributed by atoms with van der Waals surface area (Å²) in [5.41, 5.74) is 0.840. The number of unbranched alkanes of at least 4 members (excludes halogenated alkanes) is 3. The van der Waals surface area contributed by atoms with Crippen LogP contribution in [0.3, 0.4) is 0 Å². The number of halogens is 1. The van der Waals surface area contributed by atoms with Gasteiger partial charge in [0.15, 0.2) is 0 Å². The van der Waals surface area contributed by atoms with E-state index in [1.54, 1.807) is 4.90 Å². The summed E-state index contributed by atoms with van der Waals surface area (Å²) in [4.78, 5) is 25.5. The summed E-state index contributed by atoms with van der Waals surface area (Å²) in [5.74, 6) is -0.150. The minimum absolute atomic E-state index is 0.104. The summed E-state index contributed by atoms with van der Waals surface area (Å²) in [6, 6.07) is 5.75. The van der Waals surface area contributed by atoms with Crippen LogP contribution in [-0.2, 0) is 9.59 Å². The Bertz CT molecular complexity index is 767. The molecule has 8 heteroatoms. The van der Waals surface area contributed by atoms with E-state index < -0.39 is 5.97 Å². The molecular weight excluding hydrogens is 462 g/mol. The summed E-state index contributed by atoms with van der Waals surface area (Å²) in [6.45, 7) is 3.26. The molecule has 0 aromatic heterocycles. The Hall–Kier alpha value is -1.38. The molecule has 1 heterocycles. The Morgan fingerprint density at radius 1 is 1.32 bits per heavy atom. The lowest BCUT2D eigenvalue weighted by molar-refractivity contribution is -0.137. The molecule has 0 atom stereocenters. The van der Waals surface area contributed by atoms with E-state index in [0.29, 0.717) is 28.8 Å². The van der Waals surface area contributed by atoms with E-state index in [2.05, 4.69) is 22.9 Å². The van der Waals surface area contributed by atoms with Gasteiger partial charge in [0.1, 0.15) is 10.1 Å². The molecule has 28 heavy (non-hydrogen) atoms. The maximum Gasteiger partial charge on any atom is 0.303 e. The number of carboxylic acid groups (broad SMARTS) is 1. The first-order valence-electron chi connectivity index (χ1n) is 9.32. The van der Waals surface area contributed by atoms with Crippen molar-refractivity contribution in [3.63, 3.8) is 0 Å². The molecule has 1 saturated heterocycles. The second kappa shape index (κ2) is 11.6. The highest BCUT2D eigenvalue weighted by atomic mass is 79.9. The molecule has 5 nitrogen and oxygen atoms in total. The van der Waals surface area contributed by atoms with Gasteiger partial charge in [0.05, 0.1) is 11.5 Å². The number of benzene rings is 1. The zero-order valence-corrected chi connectivity index (χ0v) is 19.0. The molecule has 1 aromatic rings. The number of thiocarbonyl (C=S) groups is 1. The lowest BCUT2D eigenvalue weighted by atomic mass is 10.1. The van der Waals surface area contributed by atoms with E-state index in [4.69, 9.17) is 22.1 Å². The zero-order chi connectivity index (χ0) is 20.5. The molecule has 0 spiro atoms. The average molecular weight is 486 g/mol. The molecule has 1 amide bonds. The third-order valence-corrected chi connectivity index (χ3v) is 6.03. The first kappa shape index (κ1) is 22.9. The molecule has 1 N–H and O–H groups in total. The van der Waals surface area contributed by atoms with E-state index in [1.807, 2.05) is 24.3 Å². The van der Waals surface area contributed by atoms with Crippen LogP contribution in [0.2, 0.25) is 0 Å². The van der Waals surface area contributed by atoms with Crippen molar-refractivity contribution in [3.8, 4) is 5.75 Å². The van der Waals surface area contributed by atoms with Crippen LogP contribution in [0.25, 0.3) is 6.08 Å². The number of carboxylic acids is 1. The van der Waals surface area contributed by atoms with Gasteiger partial charge < -0.3 is 9.84 Å². The Morgan fingerprint density at radius 3 is 2.82 bits per heavy atom. The number of nitrogens with zero attached hydrogens (tertiary/aromatic N) is 1. The van der Waals surface area contributed by atoms with Crippen molar-refractivity contribution in [2.75, 3.05) is 13.2 Å². The summed E-state index contributed by atoms with van der Waals surface area (Å²) >= 11 is 10.1. The van der Waals surface area contributed by atoms with Gasteiger partial charge in [0, 0.05) is 23.0 Å². The molecule has 0 unspecified atom stereocenters. The van der Waals surface area contributed by atoms with Gasteiger partial charge in [0.2, 0.25) is 0 Å². The van der Waals surface area contributed by atoms with Crippen molar-refractivity contribution in [2.45, 2.75) is 45.4 Å². The normalized spacial score (nSPS) is 15.5. The number of ether oxygens (including phenoxy) is 1. The van der Waals surface area contributed by atoms with Crippen LogP contribution in [0.4, 0.5) is 0 Å². The van der Waals surface area contributed by atoms with Crippen LogP contribution in [0.1, 0.15) is 51.0 Å². The van der Waals surface area contributed by atoms with E-state index in [0.717, 1.165) is 41.5 Å². The Morgan fingerprint density at radius 2 is 2.11 bits per heavy atom. The van der Waals surface area contributed by atoms with Gasteiger partial charge in [0.25, 0.3) is 5.91 Å². The topological polar surface area (TPSA) is 66.8 Å². The van der Waals surface area contributed by atoms with E-state index in [1.165, 1.54) is 11.8 Å². The molecule has 2 rings (SSSR count). The molecular formula is C20H24BrNO4S2. The van der Waals surface area contributed by atoms with Gasteiger partial charge in [-0.1, -0.05) is 59.7 Å². The predicted molar refractivity (Wildman–Crippen MR) is 121 cm³/mol. The van der Waals surface area contributed by atoms with Crippen LogP contribution < -0.4 is 4.74 Å². The lowest BCUT2D eigenvalue weighted by Gasteiger charge is -2.14. The highest BCUT2D eigenvalue weighted by Crippen LogP contribution is 2.35. The molecule has 1 fully saturated rings. The maximum absolute atomic E-state index is 12.8. The van der Waals surface area contributed by atoms with Gasteiger partial charge in [-0.25, -0.2) is 0 Å². The van der Waals surface area contributed by atoms with Crippen LogP contribution in [0.5, 0.6) is 5.75 Å². The second-order valence-corrected chi connectivity index (χ2v) is 9.01. The number of aliphatic carboxylic acids is 1. The predicted octanol–water partition coefficient (Wildman–Crippen LogP) is 5.47. The van der Waals surface area contributed by atoms with Crippen LogP contribution in [0, 0.1) is 0 Å². The number of thioether (sulfide) groups is 1. The van der Waals surface area contributed by atoms with Crippen LogP contribution in [-0.4, -0.2) is 39.4 Å². The minimum Gasteiger partial charge on any atom is -0.493 e. The van der Waals surface area contributed by atoms with Gasteiger partial charge >= 0.3 is 5.97 Å². The van der Waals surface area contributed by atoms with Gasteiger partial charge in [-0.3, -0.25) is 14.5 Å². The van der Waals surface area contributed by atoms with Crippen molar-refractivity contribution >= 4 is 62.2 Å². The lowest BCUT2D eigenvalue weighted by Crippen LogP contribution is -2.29. The Balaban J connectivity index is 2.04. The van der Waals surface area contributed by atoms with Crippen molar-refractivity contribution in [2.24, 2.45) is 0 Å². The number of amides is 1. The van der Waals surface area contributed by atoms with E-state index >= 15 is 0 Å². The largest absolute Gasteiger partial charge is 0.493 e. The first-order chi connectivity index (χ1) is 13.4. The van der Waals surface area contributed by atoms with Crippen LogP contribution in [0.15, 0.2) is 27.6 Å². The summed E-state index contributed by atoms with van der Waals surface area (Å²) in [7, 11) is 0. The molecule has 1 aliphatic rings. The summed E-state index contributed by atoms with van der Waals surface area (Å²) in [5, 5.41) is 8.68. The fourth-order valence-corrected chi connectivity index (χ4v) is 4.33. The quantitative estimate of drug-likeness (QED) is 0.254.